The summed E-state index contributed by atoms with van der Waals surface area (Å²) in [7, 11) is 1.76. The number of allylic oxidation sites excluding steroid dienone is 1. The Bertz CT molecular complexity index is 369. The van der Waals surface area contributed by atoms with Gasteiger partial charge >= 0.3 is 29.6 Å². The molecule has 0 unspecified atom stereocenters. The standard InChI is InChI=1S/C9H12N2O2.Na/c1-6-9(8(13)4-5-12)7(2)11(3)10-6;/h4-5,12H,1-3H3;/q;+1/p-1/b5-4+;. The Morgan fingerprint density at radius 1 is 1.50 bits per heavy atom. The summed E-state index contributed by atoms with van der Waals surface area (Å²) in [6.45, 7) is 3.55. The predicted octanol–water partition coefficient (Wildman–Crippen LogP) is -2.90. The average molecular weight is 202 g/mol. The van der Waals surface area contributed by atoms with E-state index in [1.54, 1.807) is 25.6 Å². The van der Waals surface area contributed by atoms with Gasteiger partial charge < -0.3 is 5.11 Å². The molecule has 5 heteroatoms. The van der Waals surface area contributed by atoms with Crippen LogP contribution in [0.15, 0.2) is 12.3 Å². The minimum Gasteiger partial charge on any atom is -0.878 e. The third-order valence-corrected chi connectivity index (χ3v) is 1.97. The van der Waals surface area contributed by atoms with E-state index >= 15 is 0 Å². The summed E-state index contributed by atoms with van der Waals surface area (Å²) in [5.74, 6) is -0.280. The quantitative estimate of drug-likeness (QED) is 0.224. The van der Waals surface area contributed by atoms with Gasteiger partial charge in [-0.2, -0.15) is 5.10 Å². The van der Waals surface area contributed by atoms with Gasteiger partial charge in [-0.15, -0.1) is 6.26 Å². The molecule has 1 rings (SSSR count). The molecule has 0 aliphatic heterocycles. The van der Waals surface area contributed by atoms with Crippen LogP contribution in [-0.2, 0) is 7.05 Å². The second-order valence-corrected chi connectivity index (χ2v) is 2.84. The summed E-state index contributed by atoms with van der Waals surface area (Å²) in [5, 5.41) is 14.2. The SMILES string of the molecule is Cc1nn(C)c(C)c1C(=O)/C=C/[O-].[Na+]. The molecule has 14 heavy (non-hydrogen) atoms. The van der Waals surface area contributed by atoms with Gasteiger partial charge in [0.25, 0.3) is 0 Å². The first-order valence-electron chi connectivity index (χ1n) is 3.91. The smallest absolute Gasteiger partial charge is 0.878 e. The van der Waals surface area contributed by atoms with Gasteiger partial charge in [0.1, 0.15) is 0 Å². The number of aromatic nitrogens is 2. The van der Waals surface area contributed by atoms with Crippen LogP contribution >= 0.6 is 0 Å². The molecule has 0 saturated carbocycles. The number of carbonyl (C=O) groups is 1. The van der Waals surface area contributed by atoms with Gasteiger partial charge in [-0.05, 0) is 19.9 Å². The number of hydrogen-bond donors (Lipinski definition) is 0. The minimum absolute atomic E-state index is 0. The van der Waals surface area contributed by atoms with Crippen molar-refractivity contribution in [1.82, 2.24) is 9.78 Å². The zero-order valence-electron chi connectivity index (χ0n) is 8.87. The van der Waals surface area contributed by atoms with Crippen molar-refractivity contribution in [3.63, 3.8) is 0 Å². The largest absolute Gasteiger partial charge is 1.00 e. The molecule has 0 fully saturated rings. The summed E-state index contributed by atoms with van der Waals surface area (Å²) >= 11 is 0. The van der Waals surface area contributed by atoms with Crippen LogP contribution in [0.25, 0.3) is 0 Å². The second kappa shape index (κ2) is 5.34. The molecule has 0 radical (unpaired) electrons. The fourth-order valence-corrected chi connectivity index (χ4v) is 1.28. The van der Waals surface area contributed by atoms with E-state index in [0.29, 0.717) is 17.5 Å². The number of rotatable bonds is 2. The number of carbonyl (C=O) groups excluding carboxylic acids is 1. The Labute approximate surface area is 105 Å². The summed E-state index contributed by atoms with van der Waals surface area (Å²) in [4.78, 5) is 11.4. The van der Waals surface area contributed by atoms with Crippen LogP contribution in [0.2, 0.25) is 0 Å². The molecule has 0 spiro atoms. The van der Waals surface area contributed by atoms with Gasteiger partial charge in [0.15, 0.2) is 5.78 Å². The first kappa shape index (κ1) is 13.4. The number of hydrogen-bond acceptors (Lipinski definition) is 3. The minimum atomic E-state index is -0.280. The number of nitrogens with zero attached hydrogens (tertiary/aromatic N) is 2. The third-order valence-electron chi connectivity index (χ3n) is 1.97. The molecule has 0 amide bonds. The van der Waals surface area contributed by atoms with E-state index in [1.165, 1.54) is 0 Å². The Hall–Kier alpha value is -0.580. The maximum Gasteiger partial charge on any atom is 1.00 e. The summed E-state index contributed by atoms with van der Waals surface area (Å²) in [6, 6.07) is 0. The zero-order valence-corrected chi connectivity index (χ0v) is 10.9. The normalized spacial score (nSPS) is 10.2. The predicted molar refractivity (Wildman–Crippen MR) is 46.2 cm³/mol. The van der Waals surface area contributed by atoms with Crippen molar-refractivity contribution in [2.24, 2.45) is 7.05 Å². The summed E-state index contributed by atoms with van der Waals surface area (Å²) in [5.41, 5.74) is 1.96. The van der Waals surface area contributed by atoms with E-state index < -0.39 is 0 Å². The fourth-order valence-electron chi connectivity index (χ4n) is 1.28. The average Bonchev–Trinajstić information content (AvgIpc) is 2.27. The monoisotopic (exact) mass is 202 g/mol. The van der Waals surface area contributed by atoms with E-state index in [0.717, 1.165) is 11.8 Å². The molecule has 0 bridgehead atoms. The van der Waals surface area contributed by atoms with Gasteiger partial charge in [0.2, 0.25) is 0 Å². The molecule has 0 atom stereocenters. The molecule has 0 aliphatic rings. The number of aryl methyl sites for hydroxylation is 2. The molecular formula is C9H11N2NaO2. The van der Waals surface area contributed by atoms with E-state index in [9.17, 15) is 9.90 Å². The molecule has 4 nitrogen and oxygen atoms in total. The first-order chi connectivity index (χ1) is 6.07. The van der Waals surface area contributed by atoms with Crippen molar-refractivity contribution in [2.75, 3.05) is 0 Å². The zero-order chi connectivity index (χ0) is 10.0. The van der Waals surface area contributed by atoms with Gasteiger partial charge in [0, 0.05) is 12.7 Å². The van der Waals surface area contributed by atoms with Crippen molar-refractivity contribution in [3.05, 3.63) is 29.3 Å². The molecule has 70 valence electrons. The van der Waals surface area contributed by atoms with Crippen molar-refractivity contribution in [2.45, 2.75) is 13.8 Å². The molecule has 0 aromatic carbocycles. The third kappa shape index (κ3) is 2.47. The Kier molecular flexibility index (Phi) is 5.12. The van der Waals surface area contributed by atoms with Crippen LogP contribution in [0.5, 0.6) is 0 Å². The Balaban J connectivity index is 0.00000169. The van der Waals surface area contributed by atoms with Crippen LogP contribution < -0.4 is 34.7 Å². The van der Waals surface area contributed by atoms with Gasteiger partial charge in [0.05, 0.1) is 11.3 Å². The van der Waals surface area contributed by atoms with Crippen molar-refractivity contribution < 1.29 is 39.5 Å². The maximum absolute atomic E-state index is 11.4. The Morgan fingerprint density at radius 2 is 2.07 bits per heavy atom. The van der Waals surface area contributed by atoms with Crippen LogP contribution in [0.3, 0.4) is 0 Å². The van der Waals surface area contributed by atoms with E-state index in [1.807, 2.05) is 0 Å². The van der Waals surface area contributed by atoms with Gasteiger partial charge in [-0.1, -0.05) is 0 Å². The van der Waals surface area contributed by atoms with Crippen LogP contribution in [0.1, 0.15) is 21.7 Å². The van der Waals surface area contributed by atoms with Crippen LogP contribution in [0.4, 0.5) is 0 Å². The fraction of sp³-hybridized carbons (Fsp3) is 0.333. The molecule has 0 N–H and O–H groups in total. The van der Waals surface area contributed by atoms with Gasteiger partial charge in [-0.25, -0.2) is 0 Å². The molecule has 0 saturated heterocycles. The Morgan fingerprint density at radius 3 is 2.43 bits per heavy atom. The van der Waals surface area contributed by atoms with Crippen molar-refractivity contribution >= 4 is 5.78 Å². The topological polar surface area (TPSA) is 58.0 Å². The summed E-state index contributed by atoms with van der Waals surface area (Å²) in [6.07, 6.45) is 1.51. The van der Waals surface area contributed by atoms with Crippen molar-refractivity contribution in [1.29, 1.82) is 0 Å². The molecule has 0 aliphatic carbocycles. The van der Waals surface area contributed by atoms with E-state index in [2.05, 4.69) is 5.10 Å². The van der Waals surface area contributed by atoms with Gasteiger partial charge in [-0.3, -0.25) is 9.48 Å². The van der Waals surface area contributed by atoms with E-state index in [-0.39, 0.29) is 35.3 Å². The first-order valence-corrected chi connectivity index (χ1v) is 3.91. The molecule has 1 heterocycles. The molecule has 1 aromatic rings. The maximum atomic E-state index is 11.4. The second-order valence-electron chi connectivity index (χ2n) is 2.84. The van der Waals surface area contributed by atoms with Crippen LogP contribution in [-0.4, -0.2) is 15.6 Å². The van der Waals surface area contributed by atoms with Crippen molar-refractivity contribution in [3.8, 4) is 0 Å². The number of ketones is 1. The molecular weight excluding hydrogens is 191 g/mol. The summed E-state index contributed by atoms with van der Waals surface area (Å²) < 4.78 is 1.63. The van der Waals surface area contributed by atoms with E-state index in [4.69, 9.17) is 0 Å². The van der Waals surface area contributed by atoms with Crippen LogP contribution in [0, 0.1) is 13.8 Å². The molecule has 1 aromatic heterocycles.